The van der Waals surface area contributed by atoms with Gasteiger partial charge in [-0.3, -0.25) is 0 Å². The number of amides is 2. The lowest BCUT2D eigenvalue weighted by molar-refractivity contribution is 0.0698. The van der Waals surface area contributed by atoms with Gasteiger partial charge in [0, 0.05) is 6.54 Å². The highest BCUT2D eigenvalue weighted by molar-refractivity contribution is 6.34. The number of nitrogens with one attached hydrogen (secondary N) is 2. The van der Waals surface area contributed by atoms with Crippen LogP contribution in [0.15, 0.2) is 30.9 Å². The standard InChI is InChI=1S/C12H13ClN2O3/c1-2-3-7-14-12(18)15-9-6-4-5-8(13)10(9)11(16)17/h2,4-6H,1,3,7H2,(H,16,17)(H2,14,15,18). The molecule has 0 bridgehead atoms. The Bertz CT molecular complexity index is 474. The smallest absolute Gasteiger partial charge is 0.339 e. The molecule has 0 heterocycles. The third-order valence-electron chi connectivity index (χ3n) is 2.11. The van der Waals surface area contributed by atoms with Crippen molar-refractivity contribution in [1.82, 2.24) is 5.32 Å². The molecule has 0 aliphatic rings. The van der Waals surface area contributed by atoms with Gasteiger partial charge in [0.2, 0.25) is 0 Å². The highest BCUT2D eigenvalue weighted by Gasteiger charge is 2.15. The van der Waals surface area contributed by atoms with Crippen molar-refractivity contribution in [1.29, 1.82) is 0 Å². The molecule has 0 aromatic heterocycles. The van der Waals surface area contributed by atoms with E-state index in [2.05, 4.69) is 17.2 Å². The van der Waals surface area contributed by atoms with Crippen molar-refractivity contribution in [3.05, 3.63) is 41.4 Å². The number of carboxylic acid groups (broad SMARTS) is 1. The summed E-state index contributed by atoms with van der Waals surface area (Å²) < 4.78 is 0. The van der Waals surface area contributed by atoms with Crippen LogP contribution in [0.1, 0.15) is 16.8 Å². The number of anilines is 1. The predicted octanol–water partition coefficient (Wildman–Crippen LogP) is 2.74. The van der Waals surface area contributed by atoms with E-state index in [1.54, 1.807) is 12.1 Å². The summed E-state index contributed by atoms with van der Waals surface area (Å²) in [5.41, 5.74) is 0.0316. The zero-order valence-corrected chi connectivity index (χ0v) is 10.3. The van der Waals surface area contributed by atoms with E-state index < -0.39 is 12.0 Å². The van der Waals surface area contributed by atoms with E-state index in [9.17, 15) is 9.59 Å². The number of hydrogen-bond acceptors (Lipinski definition) is 2. The van der Waals surface area contributed by atoms with Crippen molar-refractivity contribution < 1.29 is 14.7 Å². The molecule has 6 heteroatoms. The van der Waals surface area contributed by atoms with Crippen LogP contribution in [0.4, 0.5) is 10.5 Å². The van der Waals surface area contributed by atoms with Crippen molar-refractivity contribution in [2.24, 2.45) is 0 Å². The number of rotatable bonds is 5. The summed E-state index contributed by atoms with van der Waals surface area (Å²) >= 11 is 5.77. The third kappa shape index (κ3) is 3.78. The summed E-state index contributed by atoms with van der Waals surface area (Å²) in [5.74, 6) is -1.19. The number of aromatic carboxylic acids is 1. The zero-order chi connectivity index (χ0) is 13.5. The molecule has 0 unspecified atom stereocenters. The molecule has 1 aromatic rings. The Labute approximate surface area is 109 Å². The number of urea groups is 1. The van der Waals surface area contributed by atoms with Gasteiger partial charge in [-0.25, -0.2) is 9.59 Å². The van der Waals surface area contributed by atoms with Crippen LogP contribution in [0.5, 0.6) is 0 Å². The van der Waals surface area contributed by atoms with Gasteiger partial charge < -0.3 is 15.7 Å². The largest absolute Gasteiger partial charge is 0.478 e. The van der Waals surface area contributed by atoms with Crippen molar-refractivity contribution in [2.75, 3.05) is 11.9 Å². The van der Waals surface area contributed by atoms with E-state index in [-0.39, 0.29) is 16.3 Å². The second-order valence-electron chi connectivity index (χ2n) is 3.43. The van der Waals surface area contributed by atoms with Gasteiger partial charge in [-0.15, -0.1) is 6.58 Å². The van der Waals surface area contributed by atoms with Crippen LogP contribution in [0.2, 0.25) is 5.02 Å². The molecular formula is C12H13ClN2O3. The number of carbonyl (C=O) groups excluding carboxylic acids is 1. The molecule has 0 aliphatic heterocycles. The molecular weight excluding hydrogens is 256 g/mol. The first-order valence-corrected chi connectivity index (χ1v) is 5.61. The minimum atomic E-state index is -1.19. The molecule has 1 aromatic carbocycles. The Kier molecular flexibility index (Phi) is 5.20. The highest BCUT2D eigenvalue weighted by atomic mass is 35.5. The molecule has 0 saturated carbocycles. The van der Waals surface area contributed by atoms with E-state index >= 15 is 0 Å². The zero-order valence-electron chi connectivity index (χ0n) is 9.57. The maximum absolute atomic E-state index is 11.5. The lowest BCUT2D eigenvalue weighted by atomic mass is 10.2. The fourth-order valence-electron chi connectivity index (χ4n) is 1.30. The fourth-order valence-corrected chi connectivity index (χ4v) is 1.56. The highest BCUT2D eigenvalue weighted by Crippen LogP contribution is 2.24. The van der Waals surface area contributed by atoms with E-state index in [4.69, 9.17) is 16.7 Å². The molecule has 0 aliphatic carbocycles. The number of carbonyl (C=O) groups is 2. The molecule has 0 atom stereocenters. The Balaban J connectivity index is 2.78. The van der Waals surface area contributed by atoms with E-state index in [1.165, 1.54) is 12.1 Å². The minimum Gasteiger partial charge on any atom is -0.478 e. The van der Waals surface area contributed by atoms with Crippen molar-refractivity contribution in [2.45, 2.75) is 6.42 Å². The molecule has 0 radical (unpaired) electrons. The van der Waals surface area contributed by atoms with E-state index in [1.807, 2.05) is 0 Å². The summed E-state index contributed by atoms with van der Waals surface area (Å²) in [6, 6.07) is 4.00. The van der Waals surface area contributed by atoms with Crippen LogP contribution in [0, 0.1) is 0 Å². The average Bonchev–Trinajstić information content (AvgIpc) is 2.28. The number of hydrogen-bond donors (Lipinski definition) is 3. The Morgan fingerprint density at radius 3 is 2.78 bits per heavy atom. The Hall–Kier alpha value is -2.01. The summed E-state index contributed by atoms with van der Waals surface area (Å²) in [6.45, 7) is 3.95. The molecule has 18 heavy (non-hydrogen) atoms. The van der Waals surface area contributed by atoms with Gasteiger partial charge in [-0.2, -0.15) is 0 Å². The third-order valence-corrected chi connectivity index (χ3v) is 2.42. The van der Waals surface area contributed by atoms with Crippen LogP contribution in [0.25, 0.3) is 0 Å². The van der Waals surface area contributed by atoms with Gasteiger partial charge in [0.05, 0.1) is 10.7 Å². The van der Waals surface area contributed by atoms with E-state index in [0.717, 1.165) is 0 Å². The lowest BCUT2D eigenvalue weighted by Crippen LogP contribution is -2.30. The average molecular weight is 269 g/mol. The van der Waals surface area contributed by atoms with Gasteiger partial charge in [-0.05, 0) is 18.6 Å². The Morgan fingerprint density at radius 2 is 2.17 bits per heavy atom. The summed E-state index contributed by atoms with van der Waals surface area (Å²) in [4.78, 5) is 22.5. The number of halogens is 1. The topological polar surface area (TPSA) is 78.4 Å². The van der Waals surface area contributed by atoms with Gasteiger partial charge in [-0.1, -0.05) is 23.7 Å². The van der Waals surface area contributed by atoms with Crippen LogP contribution in [-0.4, -0.2) is 23.7 Å². The molecule has 0 saturated heterocycles. The molecule has 96 valence electrons. The Morgan fingerprint density at radius 1 is 1.44 bits per heavy atom. The number of carboxylic acids is 1. The first-order chi connectivity index (χ1) is 8.56. The maximum Gasteiger partial charge on any atom is 0.339 e. The SMILES string of the molecule is C=CCCNC(=O)Nc1cccc(Cl)c1C(=O)O. The van der Waals surface area contributed by atoms with Gasteiger partial charge in [0.15, 0.2) is 0 Å². The fraction of sp³-hybridized carbons (Fsp3) is 0.167. The summed E-state index contributed by atoms with van der Waals surface area (Å²) in [6.07, 6.45) is 2.30. The molecule has 0 spiro atoms. The quantitative estimate of drug-likeness (QED) is 0.567. The van der Waals surface area contributed by atoms with Crippen molar-refractivity contribution in [3.63, 3.8) is 0 Å². The maximum atomic E-state index is 11.5. The molecule has 3 N–H and O–H groups in total. The predicted molar refractivity (Wildman–Crippen MR) is 70.2 cm³/mol. The molecule has 5 nitrogen and oxygen atoms in total. The summed E-state index contributed by atoms with van der Waals surface area (Å²) in [5, 5.41) is 14.1. The second-order valence-corrected chi connectivity index (χ2v) is 3.83. The van der Waals surface area contributed by atoms with Crippen LogP contribution in [0.3, 0.4) is 0 Å². The molecule has 0 fully saturated rings. The lowest BCUT2D eigenvalue weighted by Gasteiger charge is -2.10. The van der Waals surface area contributed by atoms with Crippen molar-refractivity contribution >= 4 is 29.3 Å². The molecule has 1 rings (SSSR count). The number of benzene rings is 1. The first-order valence-electron chi connectivity index (χ1n) is 5.23. The molecule has 2 amide bonds. The van der Waals surface area contributed by atoms with Crippen LogP contribution in [-0.2, 0) is 0 Å². The second kappa shape index (κ2) is 6.66. The first kappa shape index (κ1) is 14.1. The van der Waals surface area contributed by atoms with Crippen molar-refractivity contribution in [3.8, 4) is 0 Å². The normalized spacial score (nSPS) is 9.61. The summed E-state index contributed by atoms with van der Waals surface area (Å²) in [7, 11) is 0. The van der Waals surface area contributed by atoms with Gasteiger partial charge >= 0.3 is 12.0 Å². The van der Waals surface area contributed by atoms with Gasteiger partial charge in [0.25, 0.3) is 0 Å². The minimum absolute atomic E-state index is 0.0754. The van der Waals surface area contributed by atoms with Crippen LogP contribution < -0.4 is 10.6 Å². The van der Waals surface area contributed by atoms with Crippen LogP contribution >= 0.6 is 11.6 Å². The van der Waals surface area contributed by atoms with Gasteiger partial charge in [0.1, 0.15) is 5.56 Å². The van der Waals surface area contributed by atoms with E-state index in [0.29, 0.717) is 13.0 Å². The monoisotopic (exact) mass is 268 g/mol.